The Labute approximate surface area is 123 Å². The molecule has 0 saturated carbocycles. The van der Waals surface area contributed by atoms with E-state index in [0.29, 0.717) is 18.3 Å². The van der Waals surface area contributed by atoms with Crippen molar-refractivity contribution in [3.8, 4) is 0 Å². The number of nitrogens with zero attached hydrogens (tertiary/aromatic N) is 2. The summed E-state index contributed by atoms with van der Waals surface area (Å²) in [6.45, 7) is 5.69. The highest BCUT2D eigenvalue weighted by molar-refractivity contribution is 5.93. The predicted molar refractivity (Wildman–Crippen MR) is 80.9 cm³/mol. The summed E-state index contributed by atoms with van der Waals surface area (Å²) in [7, 11) is 2.02. The number of nitrogens with one attached hydrogen (secondary N) is 1. The van der Waals surface area contributed by atoms with Gasteiger partial charge in [0.15, 0.2) is 0 Å². The highest BCUT2D eigenvalue weighted by Crippen LogP contribution is 2.22. The number of carboxylic acids is 1. The minimum absolute atomic E-state index is 0.305. The maximum atomic E-state index is 11.0. The van der Waals surface area contributed by atoms with Crippen molar-refractivity contribution < 1.29 is 14.8 Å². The summed E-state index contributed by atoms with van der Waals surface area (Å²) < 4.78 is 0. The van der Waals surface area contributed by atoms with Gasteiger partial charge >= 0.3 is 5.97 Å². The number of hydrogen-bond donors (Lipinski definition) is 2. The summed E-state index contributed by atoms with van der Waals surface area (Å²) >= 11 is 0. The van der Waals surface area contributed by atoms with E-state index in [1.165, 1.54) is 18.2 Å². The van der Waals surface area contributed by atoms with Crippen molar-refractivity contribution in [2.75, 3.05) is 25.5 Å². The van der Waals surface area contributed by atoms with Gasteiger partial charge in [0.1, 0.15) is 5.56 Å². The quantitative estimate of drug-likeness (QED) is 0.565. The average Bonchev–Trinajstić information content (AvgIpc) is 2.45. The number of benzene rings is 1. The first-order chi connectivity index (χ1) is 9.86. The maximum Gasteiger partial charge on any atom is 0.342 e. The van der Waals surface area contributed by atoms with Gasteiger partial charge in [-0.3, -0.25) is 10.1 Å². The van der Waals surface area contributed by atoms with Crippen molar-refractivity contribution in [2.24, 2.45) is 0 Å². The number of nitro groups is 1. The number of aromatic carboxylic acids is 1. The Morgan fingerprint density at radius 1 is 1.52 bits per heavy atom. The van der Waals surface area contributed by atoms with Crippen molar-refractivity contribution in [1.29, 1.82) is 0 Å². The Bertz CT molecular complexity index is 519. The highest BCUT2D eigenvalue weighted by atomic mass is 16.6. The monoisotopic (exact) mass is 295 g/mol. The van der Waals surface area contributed by atoms with Crippen LogP contribution in [-0.4, -0.2) is 47.1 Å². The van der Waals surface area contributed by atoms with Crippen LogP contribution >= 0.6 is 0 Å². The molecule has 1 rings (SSSR count). The SMILES string of the molecule is CCC(C)N(C)CCNc1ccc([N+](=O)[O-])c(C(=O)O)c1. The van der Waals surface area contributed by atoms with E-state index in [2.05, 4.69) is 24.1 Å². The molecule has 0 radical (unpaired) electrons. The van der Waals surface area contributed by atoms with Gasteiger partial charge < -0.3 is 15.3 Å². The summed E-state index contributed by atoms with van der Waals surface area (Å²) in [5.74, 6) is -1.30. The van der Waals surface area contributed by atoms with Gasteiger partial charge in [-0.25, -0.2) is 4.79 Å². The lowest BCUT2D eigenvalue weighted by atomic mass is 10.1. The number of carbonyl (C=O) groups is 1. The molecule has 0 heterocycles. The Kier molecular flexibility index (Phi) is 6.10. The molecule has 7 heteroatoms. The smallest absolute Gasteiger partial charge is 0.342 e. The first kappa shape index (κ1) is 16.9. The van der Waals surface area contributed by atoms with Crippen molar-refractivity contribution >= 4 is 17.3 Å². The van der Waals surface area contributed by atoms with Crippen molar-refractivity contribution in [3.63, 3.8) is 0 Å². The van der Waals surface area contributed by atoms with Crippen molar-refractivity contribution in [2.45, 2.75) is 26.3 Å². The van der Waals surface area contributed by atoms with Gasteiger partial charge in [-0.2, -0.15) is 0 Å². The van der Waals surface area contributed by atoms with Crippen molar-refractivity contribution in [3.05, 3.63) is 33.9 Å². The molecule has 0 aliphatic rings. The van der Waals surface area contributed by atoms with Crippen molar-refractivity contribution in [1.82, 2.24) is 4.90 Å². The minimum atomic E-state index is -1.30. The molecular formula is C14H21N3O4. The Balaban J connectivity index is 2.71. The molecule has 1 aromatic rings. The fraction of sp³-hybridized carbons (Fsp3) is 0.500. The first-order valence-electron chi connectivity index (χ1n) is 6.82. The Morgan fingerprint density at radius 2 is 2.19 bits per heavy atom. The van der Waals surface area contributed by atoms with Gasteiger partial charge in [0.25, 0.3) is 5.69 Å². The Morgan fingerprint density at radius 3 is 2.71 bits per heavy atom. The van der Waals surface area contributed by atoms with E-state index >= 15 is 0 Å². The van der Waals surface area contributed by atoms with Crippen LogP contribution in [0.4, 0.5) is 11.4 Å². The molecule has 0 fully saturated rings. The molecule has 7 nitrogen and oxygen atoms in total. The van der Waals surface area contributed by atoms with Crippen LogP contribution in [0.1, 0.15) is 30.6 Å². The zero-order chi connectivity index (χ0) is 16.0. The third-order valence-electron chi connectivity index (χ3n) is 3.56. The third kappa shape index (κ3) is 4.71. The van der Waals surface area contributed by atoms with Crippen LogP contribution in [0.3, 0.4) is 0 Å². The molecule has 21 heavy (non-hydrogen) atoms. The van der Waals surface area contributed by atoms with E-state index in [1.54, 1.807) is 0 Å². The van der Waals surface area contributed by atoms with Gasteiger partial charge in [-0.15, -0.1) is 0 Å². The second kappa shape index (κ2) is 7.58. The third-order valence-corrected chi connectivity index (χ3v) is 3.56. The molecule has 2 N–H and O–H groups in total. The molecule has 0 aliphatic carbocycles. The van der Waals surface area contributed by atoms with Gasteiger partial charge in [-0.1, -0.05) is 6.92 Å². The lowest BCUT2D eigenvalue weighted by Gasteiger charge is -2.23. The topological polar surface area (TPSA) is 95.7 Å². The molecule has 0 aromatic heterocycles. The summed E-state index contributed by atoms with van der Waals surface area (Å²) in [5, 5.41) is 22.9. The van der Waals surface area contributed by atoms with Crippen LogP contribution in [0, 0.1) is 10.1 Å². The van der Waals surface area contributed by atoms with E-state index in [0.717, 1.165) is 13.0 Å². The second-order valence-corrected chi connectivity index (χ2v) is 4.96. The lowest BCUT2D eigenvalue weighted by molar-refractivity contribution is -0.385. The van der Waals surface area contributed by atoms with E-state index in [9.17, 15) is 14.9 Å². The van der Waals surface area contributed by atoms with E-state index in [1.807, 2.05) is 7.05 Å². The van der Waals surface area contributed by atoms with Crippen LogP contribution in [0.2, 0.25) is 0 Å². The van der Waals surface area contributed by atoms with E-state index in [-0.39, 0.29) is 5.56 Å². The molecule has 116 valence electrons. The van der Waals surface area contributed by atoms with E-state index in [4.69, 9.17) is 5.11 Å². The zero-order valence-corrected chi connectivity index (χ0v) is 12.5. The van der Waals surface area contributed by atoms with Crippen LogP contribution in [-0.2, 0) is 0 Å². The van der Waals surface area contributed by atoms with Crippen LogP contribution in [0.5, 0.6) is 0 Å². The summed E-state index contributed by atoms with van der Waals surface area (Å²) in [5.41, 5.74) is -0.138. The number of anilines is 1. The standard InChI is InChI=1S/C14H21N3O4/c1-4-10(2)16(3)8-7-15-11-5-6-13(17(20)21)12(9-11)14(18)19/h5-6,9-10,15H,4,7-8H2,1-3H3,(H,18,19). The van der Waals surface area contributed by atoms with Gasteiger partial charge in [0.05, 0.1) is 4.92 Å². The number of carboxylic acid groups (broad SMARTS) is 1. The normalized spacial score (nSPS) is 12.2. The Hall–Kier alpha value is -2.15. The molecule has 1 atom stereocenters. The summed E-state index contributed by atoms with van der Waals surface area (Å²) in [4.78, 5) is 23.3. The second-order valence-electron chi connectivity index (χ2n) is 4.96. The number of hydrogen-bond acceptors (Lipinski definition) is 5. The largest absolute Gasteiger partial charge is 0.477 e. The van der Waals surface area contributed by atoms with Crippen LogP contribution < -0.4 is 5.32 Å². The van der Waals surface area contributed by atoms with Gasteiger partial charge in [0.2, 0.25) is 0 Å². The van der Waals surface area contributed by atoms with Crippen LogP contribution in [0.15, 0.2) is 18.2 Å². The highest BCUT2D eigenvalue weighted by Gasteiger charge is 2.19. The fourth-order valence-electron chi connectivity index (χ4n) is 1.89. The summed E-state index contributed by atoms with van der Waals surface area (Å²) in [6, 6.07) is 4.50. The minimum Gasteiger partial charge on any atom is -0.477 e. The molecule has 0 bridgehead atoms. The predicted octanol–water partition coefficient (Wildman–Crippen LogP) is 2.44. The zero-order valence-electron chi connectivity index (χ0n) is 12.5. The van der Waals surface area contributed by atoms with Gasteiger partial charge in [0, 0.05) is 30.9 Å². The molecule has 1 aromatic carbocycles. The van der Waals surface area contributed by atoms with E-state index < -0.39 is 16.6 Å². The molecule has 0 saturated heterocycles. The molecule has 1 unspecified atom stereocenters. The molecule has 0 aliphatic heterocycles. The summed E-state index contributed by atoms with van der Waals surface area (Å²) in [6.07, 6.45) is 1.05. The van der Waals surface area contributed by atoms with Crippen LogP contribution in [0.25, 0.3) is 0 Å². The molecule has 0 amide bonds. The molecular weight excluding hydrogens is 274 g/mol. The first-order valence-corrected chi connectivity index (χ1v) is 6.82. The lowest BCUT2D eigenvalue weighted by Crippen LogP contribution is -2.32. The average molecular weight is 295 g/mol. The number of nitro benzene ring substituents is 1. The maximum absolute atomic E-state index is 11.0. The number of rotatable bonds is 8. The fourth-order valence-corrected chi connectivity index (χ4v) is 1.89. The van der Waals surface area contributed by atoms with Gasteiger partial charge in [-0.05, 0) is 32.5 Å². The number of likely N-dealkylation sites (N-methyl/N-ethyl adjacent to an activating group) is 1. The molecule has 0 spiro atoms.